The minimum absolute atomic E-state index is 0.116. The molecule has 0 atom stereocenters. The van der Waals surface area contributed by atoms with Gasteiger partial charge in [-0.25, -0.2) is 4.79 Å². The molecule has 5 nitrogen and oxygen atoms in total. The Morgan fingerprint density at radius 1 is 0.885 bits per heavy atom. The molecule has 3 amide bonds. The van der Waals surface area contributed by atoms with Crippen LogP contribution >= 0.6 is 0 Å². The first-order chi connectivity index (χ1) is 12.7. The summed E-state index contributed by atoms with van der Waals surface area (Å²) >= 11 is 0. The van der Waals surface area contributed by atoms with Gasteiger partial charge >= 0.3 is 6.03 Å². The van der Waals surface area contributed by atoms with Gasteiger partial charge in [-0.3, -0.25) is 4.79 Å². The molecule has 0 saturated heterocycles. The van der Waals surface area contributed by atoms with Crippen LogP contribution in [0.25, 0.3) is 0 Å². The van der Waals surface area contributed by atoms with Crippen molar-refractivity contribution < 1.29 is 9.59 Å². The number of hydrogen-bond acceptors (Lipinski definition) is 2. The maximum absolute atomic E-state index is 11.9. The van der Waals surface area contributed by atoms with E-state index in [9.17, 15) is 9.59 Å². The Balaban J connectivity index is 1.63. The van der Waals surface area contributed by atoms with E-state index in [-0.39, 0.29) is 18.4 Å². The van der Waals surface area contributed by atoms with Crippen LogP contribution in [0.1, 0.15) is 37.3 Å². The molecule has 0 saturated carbocycles. The fraction of sp³-hybridized carbons (Fsp3) is 0.333. The normalized spacial score (nSPS) is 10.2. The summed E-state index contributed by atoms with van der Waals surface area (Å²) in [4.78, 5) is 23.7. The summed E-state index contributed by atoms with van der Waals surface area (Å²) in [5.41, 5.74) is 3.09. The molecular formula is C21H27N3O2. The van der Waals surface area contributed by atoms with E-state index >= 15 is 0 Å². The SMILES string of the molecule is CCCCc1ccc(NC(=O)CCNC(=O)NCc2ccccc2)cc1. The molecule has 0 fully saturated rings. The van der Waals surface area contributed by atoms with Gasteiger partial charge in [-0.2, -0.15) is 0 Å². The molecule has 0 heterocycles. The number of carbonyl (C=O) groups excluding carboxylic acids is 2. The monoisotopic (exact) mass is 353 g/mol. The van der Waals surface area contributed by atoms with Gasteiger partial charge in [-0.15, -0.1) is 0 Å². The van der Waals surface area contributed by atoms with Gasteiger partial charge in [0.05, 0.1) is 0 Å². The Labute approximate surface area is 155 Å². The van der Waals surface area contributed by atoms with Crippen LogP contribution in [0.2, 0.25) is 0 Å². The minimum Gasteiger partial charge on any atom is -0.338 e. The first-order valence-corrected chi connectivity index (χ1v) is 9.12. The van der Waals surface area contributed by atoms with Crippen molar-refractivity contribution in [3.63, 3.8) is 0 Å². The standard InChI is InChI=1S/C21H27N3O2/c1-2-3-7-17-10-12-19(13-11-17)24-20(25)14-15-22-21(26)23-16-18-8-5-4-6-9-18/h4-6,8-13H,2-3,7,14-16H2,1H3,(H,24,25)(H2,22,23,26). The fourth-order valence-corrected chi connectivity index (χ4v) is 2.49. The van der Waals surface area contributed by atoms with E-state index in [1.54, 1.807) is 0 Å². The number of unbranched alkanes of at least 4 members (excludes halogenated alkanes) is 1. The molecule has 0 bridgehead atoms. The van der Waals surface area contributed by atoms with Crippen LogP contribution in [-0.4, -0.2) is 18.5 Å². The van der Waals surface area contributed by atoms with Gasteiger partial charge in [0.25, 0.3) is 0 Å². The zero-order chi connectivity index (χ0) is 18.6. The summed E-state index contributed by atoms with van der Waals surface area (Å²) in [5.74, 6) is -0.116. The lowest BCUT2D eigenvalue weighted by Crippen LogP contribution is -2.36. The van der Waals surface area contributed by atoms with Crippen LogP contribution in [0.15, 0.2) is 54.6 Å². The van der Waals surface area contributed by atoms with Gasteiger partial charge in [0.15, 0.2) is 0 Å². The van der Waals surface area contributed by atoms with E-state index in [0.29, 0.717) is 13.1 Å². The molecule has 0 unspecified atom stereocenters. The topological polar surface area (TPSA) is 70.2 Å². The fourth-order valence-electron chi connectivity index (χ4n) is 2.49. The molecule has 0 aliphatic heterocycles. The number of anilines is 1. The first kappa shape index (κ1) is 19.5. The van der Waals surface area contributed by atoms with E-state index < -0.39 is 0 Å². The van der Waals surface area contributed by atoms with Crippen molar-refractivity contribution in [3.05, 3.63) is 65.7 Å². The number of urea groups is 1. The van der Waals surface area contributed by atoms with Crippen molar-refractivity contribution in [2.75, 3.05) is 11.9 Å². The molecule has 5 heteroatoms. The number of benzene rings is 2. The molecular weight excluding hydrogens is 326 g/mol. The van der Waals surface area contributed by atoms with Crippen molar-refractivity contribution in [2.24, 2.45) is 0 Å². The van der Waals surface area contributed by atoms with Crippen molar-refractivity contribution in [2.45, 2.75) is 39.2 Å². The molecule has 26 heavy (non-hydrogen) atoms. The summed E-state index contributed by atoms with van der Waals surface area (Å²) in [5, 5.41) is 8.30. The zero-order valence-corrected chi connectivity index (χ0v) is 15.3. The van der Waals surface area contributed by atoms with E-state index in [4.69, 9.17) is 0 Å². The highest BCUT2D eigenvalue weighted by Crippen LogP contribution is 2.12. The number of nitrogens with one attached hydrogen (secondary N) is 3. The van der Waals surface area contributed by atoms with Crippen molar-refractivity contribution in [1.82, 2.24) is 10.6 Å². The second-order valence-corrected chi connectivity index (χ2v) is 6.19. The quantitative estimate of drug-likeness (QED) is 0.641. The Morgan fingerprint density at radius 2 is 1.62 bits per heavy atom. The first-order valence-electron chi connectivity index (χ1n) is 9.12. The van der Waals surface area contributed by atoms with Crippen LogP contribution < -0.4 is 16.0 Å². The molecule has 0 radical (unpaired) electrons. The van der Waals surface area contributed by atoms with Crippen LogP contribution in [0.4, 0.5) is 10.5 Å². The van der Waals surface area contributed by atoms with E-state index in [1.807, 2.05) is 54.6 Å². The second-order valence-electron chi connectivity index (χ2n) is 6.19. The molecule has 138 valence electrons. The number of rotatable bonds is 9. The maximum Gasteiger partial charge on any atom is 0.315 e. The largest absolute Gasteiger partial charge is 0.338 e. The third kappa shape index (κ3) is 7.38. The van der Waals surface area contributed by atoms with Crippen molar-refractivity contribution in [3.8, 4) is 0 Å². The number of hydrogen-bond donors (Lipinski definition) is 3. The van der Waals surface area contributed by atoms with Gasteiger partial charge in [0, 0.05) is 25.2 Å². The Bertz CT molecular complexity index is 684. The molecule has 3 N–H and O–H groups in total. The van der Waals surface area contributed by atoms with E-state index in [2.05, 4.69) is 22.9 Å². The Kier molecular flexibility index (Phi) is 8.19. The molecule has 2 aromatic carbocycles. The Morgan fingerprint density at radius 3 is 2.31 bits per heavy atom. The van der Waals surface area contributed by atoms with E-state index in [0.717, 1.165) is 17.7 Å². The summed E-state index contributed by atoms with van der Waals surface area (Å²) in [6.45, 7) is 2.93. The number of carbonyl (C=O) groups is 2. The number of aryl methyl sites for hydroxylation is 1. The van der Waals surface area contributed by atoms with Crippen LogP contribution in [0, 0.1) is 0 Å². The maximum atomic E-state index is 11.9. The molecule has 0 aliphatic carbocycles. The smallest absolute Gasteiger partial charge is 0.315 e. The lowest BCUT2D eigenvalue weighted by atomic mass is 10.1. The summed E-state index contributed by atoms with van der Waals surface area (Å²) in [6, 6.07) is 17.3. The highest BCUT2D eigenvalue weighted by atomic mass is 16.2. The average molecular weight is 353 g/mol. The Hall–Kier alpha value is -2.82. The predicted molar refractivity (Wildman–Crippen MR) is 105 cm³/mol. The molecule has 0 spiro atoms. The van der Waals surface area contributed by atoms with Crippen molar-refractivity contribution >= 4 is 17.6 Å². The van der Waals surface area contributed by atoms with Gasteiger partial charge in [-0.1, -0.05) is 55.8 Å². The third-order valence-electron chi connectivity index (χ3n) is 3.99. The molecule has 2 rings (SSSR count). The predicted octanol–water partition coefficient (Wildman–Crippen LogP) is 3.86. The van der Waals surface area contributed by atoms with Crippen molar-refractivity contribution in [1.29, 1.82) is 0 Å². The van der Waals surface area contributed by atoms with Gasteiger partial charge in [0.1, 0.15) is 0 Å². The van der Waals surface area contributed by atoms with Gasteiger partial charge in [0.2, 0.25) is 5.91 Å². The van der Waals surface area contributed by atoms with Gasteiger partial charge < -0.3 is 16.0 Å². The second kappa shape index (κ2) is 10.9. The highest BCUT2D eigenvalue weighted by Gasteiger charge is 2.05. The number of amides is 3. The molecule has 2 aromatic rings. The third-order valence-corrected chi connectivity index (χ3v) is 3.99. The summed E-state index contributed by atoms with van der Waals surface area (Å²) in [7, 11) is 0. The zero-order valence-electron chi connectivity index (χ0n) is 15.3. The summed E-state index contributed by atoms with van der Waals surface area (Å²) < 4.78 is 0. The lowest BCUT2D eigenvalue weighted by molar-refractivity contribution is -0.116. The minimum atomic E-state index is -0.276. The van der Waals surface area contributed by atoms with Crippen LogP contribution in [0.5, 0.6) is 0 Å². The lowest BCUT2D eigenvalue weighted by Gasteiger charge is -2.09. The molecule has 0 aliphatic rings. The van der Waals surface area contributed by atoms with Gasteiger partial charge in [-0.05, 0) is 36.1 Å². The summed E-state index contributed by atoms with van der Waals surface area (Å²) in [6.07, 6.45) is 3.64. The van der Waals surface area contributed by atoms with E-state index in [1.165, 1.54) is 18.4 Å². The average Bonchev–Trinajstić information content (AvgIpc) is 2.66. The highest BCUT2D eigenvalue weighted by molar-refractivity contribution is 5.91. The molecule has 0 aromatic heterocycles. The van der Waals surface area contributed by atoms with Crippen LogP contribution in [-0.2, 0) is 17.8 Å². The van der Waals surface area contributed by atoms with Crippen LogP contribution in [0.3, 0.4) is 0 Å².